The van der Waals surface area contributed by atoms with Gasteiger partial charge in [0.15, 0.2) is 0 Å². The average Bonchev–Trinajstić information content (AvgIpc) is 2.41. The van der Waals surface area contributed by atoms with Crippen molar-refractivity contribution in [3.05, 3.63) is 69.2 Å². The summed E-state index contributed by atoms with van der Waals surface area (Å²) in [5.74, 6) is 0. The Morgan fingerprint density at radius 1 is 1.05 bits per heavy atom. The first-order chi connectivity index (χ1) is 9.10. The maximum atomic E-state index is 3.48. The number of hydrogen-bond acceptors (Lipinski definition) is 1. The number of rotatable bonds is 4. The molecular weight excluding hydrogens is 298 g/mol. The van der Waals surface area contributed by atoms with Crippen molar-refractivity contribution >= 4 is 15.9 Å². The minimum Gasteiger partial charge on any atom is -0.313 e. The Morgan fingerprint density at radius 3 is 2.37 bits per heavy atom. The average molecular weight is 318 g/mol. The minimum absolute atomic E-state index is 0.355. The predicted octanol–water partition coefficient (Wildman–Crippen LogP) is 4.57. The van der Waals surface area contributed by atoms with Crippen LogP contribution in [-0.2, 0) is 6.42 Å². The van der Waals surface area contributed by atoms with Crippen LogP contribution in [0.1, 0.15) is 28.3 Å². The van der Waals surface area contributed by atoms with Gasteiger partial charge in [0.25, 0.3) is 0 Å². The van der Waals surface area contributed by atoms with Crippen LogP contribution in [0.2, 0.25) is 0 Å². The quantitative estimate of drug-likeness (QED) is 0.871. The van der Waals surface area contributed by atoms with E-state index in [1.54, 1.807) is 0 Å². The maximum absolute atomic E-state index is 3.48. The third-order valence-corrected chi connectivity index (χ3v) is 4.08. The van der Waals surface area contributed by atoms with Gasteiger partial charge in [-0.2, -0.15) is 0 Å². The largest absolute Gasteiger partial charge is 0.313 e. The van der Waals surface area contributed by atoms with E-state index < -0.39 is 0 Å². The van der Waals surface area contributed by atoms with E-state index in [-0.39, 0.29) is 0 Å². The molecule has 19 heavy (non-hydrogen) atoms. The zero-order valence-electron chi connectivity index (χ0n) is 11.7. The van der Waals surface area contributed by atoms with Gasteiger partial charge in [-0.05, 0) is 56.1 Å². The molecule has 0 aromatic heterocycles. The second-order valence-corrected chi connectivity index (χ2v) is 5.94. The molecular formula is C17H20BrN. The minimum atomic E-state index is 0.355. The molecule has 2 aromatic rings. The molecule has 1 N–H and O–H groups in total. The first-order valence-electron chi connectivity index (χ1n) is 6.59. The first kappa shape index (κ1) is 14.3. The van der Waals surface area contributed by atoms with E-state index in [1.165, 1.54) is 22.3 Å². The number of nitrogens with one attached hydrogen (secondary N) is 1. The first-order valence-corrected chi connectivity index (χ1v) is 7.38. The van der Waals surface area contributed by atoms with Crippen molar-refractivity contribution in [1.29, 1.82) is 0 Å². The van der Waals surface area contributed by atoms with Crippen molar-refractivity contribution in [3.8, 4) is 0 Å². The summed E-state index contributed by atoms with van der Waals surface area (Å²) in [6.07, 6.45) is 1.02. The summed E-state index contributed by atoms with van der Waals surface area (Å²) < 4.78 is 1.12. The summed E-state index contributed by atoms with van der Waals surface area (Å²) in [5.41, 5.74) is 5.43. The summed E-state index contributed by atoms with van der Waals surface area (Å²) in [7, 11) is 2.03. The van der Waals surface area contributed by atoms with Crippen LogP contribution in [0.3, 0.4) is 0 Å². The normalized spacial score (nSPS) is 12.4. The van der Waals surface area contributed by atoms with Gasteiger partial charge in [0.1, 0.15) is 0 Å². The second kappa shape index (κ2) is 6.36. The third kappa shape index (κ3) is 3.68. The fourth-order valence-corrected chi connectivity index (χ4v) is 2.59. The predicted molar refractivity (Wildman–Crippen MR) is 85.6 cm³/mol. The van der Waals surface area contributed by atoms with E-state index in [1.807, 2.05) is 7.05 Å². The summed E-state index contributed by atoms with van der Waals surface area (Å²) in [4.78, 5) is 0. The molecule has 0 spiro atoms. The molecule has 0 radical (unpaired) electrons. The van der Waals surface area contributed by atoms with Crippen LogP contribution in [0.4, 0.5) is 0 Å². The van der Waals surface area contributed by atoms with Gasteiger partial charge >= 0.3 is 0 Å². The molecule has 0 saturated carbocycles. The Kier molecular flexibility index (Phi) is 4.78. The van der Waals surface area contributed by atoms with Crippen LogP contribution in [0, 0.1) is 13.8 Å². The van der Waals surface area contributed by atoms with Gasteiger partial charge in [-0.1, -0.05) is 51.8 Å². The lowest BCUT2D eigenvalue weighted by atomic mass is 9.95. The van der Waals surface area contributed by atoms with E-state index in [9.17, 15) is 0 Å². The van der Waals surface area contributed by atoms with Crippen LogP contribution in [0.25, 0.3) is 0 Å². The molecule has 0 heterocycles. The highest BCUT2D eigenvalue weighted by molar-refractivity contribution is 9.10. The zero-order valence-corrected chi connectivity index (χ0v) is 13.3. The molecule has 0 fully saturated rings. The molecule has 0 aliphatic carbocycles. The van der Waals surface area contributed by atoms with Crippen LogP contribution in [-0.4, -0.2) is 7.05 Å². The number of halogens is 1. The zero-order chi connectivity index (χ0) is 13.8. The van der Waals surface area contributed by atoms with Crippen molar-refractivity contribution in [3.63, 3.8) is 0 Å². The number of benzene rings is 2. The summed E-state index contributed by atoms with van der Waals surface area (Å²) in [6, 6.07) is 15.6. The van der Waals surface area contributed by atoms with Crippen LogP contribution in [0.15, 0.2) is 46.9 Å². The highest BCUT2D eigenvalue weighted by atomic mass is 79.9. The van der Waals surface area contributed by atoms with Crippen LogP contribution < -0.4 is 5.32 Å². The van der Waals surface area contributed by atoms with Crippen molar-refractivity contribution in [2.45, 2.75) is 26.3 Å². The molecule has 1 unspecified atom stereocenters. The van der Waals surface area contributed by atoms with Crippen LogP contribution >= 0.6 is 15.9 Å². The molecule has 2 rings (SSSR count). The van der Waals surface area contributed by atoms with Gasteiger partial charge in [-0.25, -0.2) is 0 Å². The van der Waals surface area contributed by atoms with Crippen LogP contribution in [0.5, 0.6) is 0 Å². The van der Waals surface area contributed by atoms with Crippen molar-refractivity contribution in [1.82, 2.24) is 5.32 Å². The molecule has 0 bridgehead atoms. The van der Waals surface area contributed by atoms with Crippen molar-refractivity contribution in [2.75, 3.05) is 7.05 Å². The summed E-state index contributed by atoms with van der Waals surface area (Å²) in [6.45, 7) is 4.33. The van der Waals surface area contributed by atoms with E-state index in [0.29, 0.717) is 6.04 Å². The number of likely N-dealkylation sites (N-methyl/N-ethyl adjacent to an activating group) is 1. The third-order valence-electron chi connectivity index (χ3n) is 3.55. The topological polar surface area (TPSA) is 12.0 Å². The Bertz CT molecular complexity index is 546. The maximum Gasteiger partial charge on any atom is 0.0358 e. The van der Waals surface area contributed by atoms with Crippen molar-refractivity contribution in [2.24, 2.45) is 0 Å². The molecule has 0 saturated heterocycles. The van der Waals surface area contributed by atoms with Gasteiger partial charge in [0, 0.05) is 10.5 Å². The lowest BCUT2D eigenvalue weighted by Crippen LogP contribution is -2.19. The molecule has 2 heteroatoms. The Morgan fingerprint density at radius 2 is 1.74 bits per heavy atom. The second-order valence-electron chi connectivity index (χ2n) is 5.03. The van der Waals surface area contributed by atoms with Gasteiger partial charge < -0.3 is 5.32 Å². The number of hydrogen-bond donors (Lipinski definition) is 1. The molecule has 2 aromatic carbocycles. The van der Waals surface area contributed by atoms with E-state index in [0.717, 1.165) is 10.9 Å². The van der Waals surface area contributed by atoms with Gasteiger partial charge in [-0.3, -0.25) is 0 Å². The standard InChI is InChI=1S/C17H20BrN/c1-12-4-5-13(2)15(10-12)11-17(19-3)14-6-8-16(18)9-7-14/h4-10,17,19H,11H2,1-3H3. The highest BCUT2D eigenvalue weighted by Crippen LogP contribution is 2.22. The molecule has 100 valence electrons. The monoisotopic (exact) mass is 317 g/mol. The molecule has 0 aliphatic rings. The lowest BCUT2D eigenvalue weighted by molar-refractivity contribution is 0.590. The molecule has 1 atom stereocenters. The summed E-state index contributed by atoms with van der Waals surface area (Å²) >= 11 is 3.48. The number of aryl methyl sites for hydroxylation is 2. The molecule has 0 amide bonds. The van der Waals surface area contributed by atoms with E-state index in [4.69, 9.17) is 0 Å². The van der Waals surface area contributed by atoms with Gasteiger partial charge in [-0.15, -0.1) is 0 Å². The Labute approximate surface area is 124 Å². The molecule has 0 aliphatic heterocycles. The fraction of sp³-hybridized carbons (Fsp3) is 0.294. The molecule has 1 nitrogen and oxygen atoms in total. The highest BCUT2D eigenvalue weighted by Gasteiger charge is 2.11. The smallest absolute Gasteiger partial charge is 0.0358 e. The Balaban J connectivity index is 2.23. The van der Waals surface area contributed by atoms with E-state index in [2.05, 4.69) is 77.6 Å². The fourth-order valence-electron chi connectivity index (χ4n) is 2.32. The van der Waals surface area contributed by atoms with Gasteiger partial charge in [0.05, 0.1) is 0 Å². The SMILES string of the molecule is CNC(Cc1cc(C)ccc1C)c1ccc(Br)cc1. The lowest BCUT2D eigenvalue weighted by Gasteiger charge is -2.18. The van der Waals surface area contributed by atoms with Gasteiger partial charge in [0.2, 0.25) is 0 Å². The Hall–Kier alpha value is -1.12. The van der Waals surface area contributed by atoms with Crippen molar-refractivity contribution < 1.29 is 0 Å². The summed E-state index contributed by atoms with van der Waals surface area (Å²) in [5, 5.41) is 3.42. The van der Waals surface area contributed by atoms with E-state index >= 15 is 0 Å².